The maximum absolute atomic E-state index is 13.4. The first kappa shape index (κ1) is 21.2. The molecule has 0 aliphatic heterocycles. The third-order valence-corrected chi connectivity index (χ3v) is 5.17. The van der Waals surface area contributed by atoms with Crippen LogP contribution in [0.5, 0.6) is 5.75 Å². The molecule has 0 atom stereocenters. The van der Waals surface area contributed by atoms with E-state index in [1.165, 1.54) is 12.1 Å². The number of furan rings is 1. The molecule has 3 aromatic rings. The number of aryl methyl sites for hydroxylation is 1. The summed E-state index contributed by atoms with van der Waals surface area (Å²) in [5.41, 5.74) is -0.325. The van der Waals surface area contributed by atoms with Gasteiger partial charge in [0.2, 0.25) is 5.76 Å². The van der Waals surface area contributed by atoms with E-state index in [0.717, 1.165) is 36.0 Å². The van der Waals surface area contributed by atoms with Crippen molar-refractivity contribution < 1.29 is 35.9 Å². The van der Waals surface area contributed by atoms with Crippen LogP contribution in [0.15, 0.2) is 57.8 Å². The monoisotopic (exact) mass is 432 g/mol. The van der Waals surface area contributed by atoms with E-state index < -0.39 is 23.7 Å². The number of phenols is 1. The summed E-state index contributed by atoms with van der Waals surface area (Å²) in [5, 5.41) is 9.54. The van der Waals surface area contributed by atoms with Crippen molar-refractivity contribution in [3.05, 3.63) is 71.0 Å². The molecule has 0 unspecified atom stereocenters. The van der Waals surface area contributed by atoms with Crippen LogP contribution in [-0.4, -0.2) is 5.11 Å². The third-order valence-electron chi connectivity index (χ3n) is 4.13. The molecule has 0 spiro atoms. The average molecular weight is 432 g/mol. The van der Waals surface area contributed by atoms with Crippen LogP contribution in [0.2, 0.25) is 0 Å². The summed E-state index contributed by atoms with van der Waals surface area (Å²) in [6.07, 6.45) is -9.28. The number of phenolic OH excluding ortho intramolecular Hbond substituents is 1. The lowest BCUT2D eigenvalue weighted by Crippen LogP contribution is -2.06. The van der Waals surface area contributed by atoms with Gasteiger partial charge >= 0.3 is 12.4 Å². The van der Waals surface area contributed by atoms with Crippen molar-refractivity contribution in [2.24, 2.45) is 0 Å². The van der Waals surface area contributed by atoms with Crippen LogP contribution in [0.4, 0.5) is 26.3 Å². The van der Waals surface area contributed by atoms with Gasteiger partial charge in [0.05, 0.1) is 5.56 Å². The van der Waals surface area contributed by atoms with E-state index in [1.54, 1.807) is 19.1 Å². The lowest BCUT2D eigenvalue weighted by atomic mass is 10.1. The first-order valence-corrected chi connectivity index (χ1v) is 9.23. The van der Waals surface area contributed by atoms with Crippen LogP contribution in [0.3, 0.4) is 0 Å². The Bertz CT molecular complexity index is 1000. The summed E-state index contributed by atoms with van der Waals surface area (Å²) in [7, 11) is 0. The van der Waals surface area contributed by atoms with Gasteiger partial charge in [-0.2, -0.15) is 26.3 Å². The van der Waals surface area contributed by atoms with Crippen LogP contribution in [0.25, 0.3) is 11.3 Å². The fraction of sp³-hybridized carbons (Fsp3) is 0.200. The van der Waals surface area contributed by atoms with Gasteiger partial charge in [-0.25, -0.2) is 0 Å². The number of aromatic hydroxyl groups is 1. The topological polar surface area (TPSA) is 33.4 Å². The summed E-state index contributed by atoms with van der Waals surface area (Å²) in [4.78, 5) is 0.658. The quantitative estimate of drug-likeness (QED) is 0.347. The molecule has 1 heterocycles. The van der Waals surface area contributed by atoms with Crippen molar-refractivity contribution in [3.63, 3.8) is 0 Å². The van der Waals surface area contributed by atoms with E-state index in [9.17, 15) is 31.4 Å². The van der Waals surface area contributed by atoms with Crippen molar-refractivity contribution in [3.8, 4) is 17.1 Å². The molecule has 154 valence electrons. The summed E-state index contributed by atoms with van der Waals surface area (Å²) < 4.78 is 83.0. The highest BCUT2D eigenvalue weighted by atomic mass is 32.2. The smallest absolute Gasteiger partial charge is 0.449 e. The Hall–Kier alpha value is -2.55. The molecule has 1 N–H and O–H groups in total. The van der Waals surface area contributed by atoms with Crippen molar-refractivity contribution in [2.75, 3.05) is 0 Å². The predicted octanol–water partition coefficient (Wildman–Crippen LogP) is 7.29. The highest BCUT2D eigenvalue weighted by molar-refractivity contribution is 7.98. The second kappa shape index (κ2) is 7.70. The second-order valence-corrected chi connectivity index (χ2v) is 7.32. The second-order valence-electron chi connectivity index (χ2n) is 6.27. The Kier molecular flexibility index (Phi) is 5.62. The fourth-order valence-corrected chi connectivity index (χ4v) is 3.58. The Balaban J connectivity index is 1.89. The zero-order valence-corrected chi connectivity index (χ0v) is 15.7. The van der Waals surface area contributed by atoms with Gasteiger partial charge < -0.3 is 9.52 Å². The van der Waals surface area contributed by atoms with Crippen LogP contribution in [0.1, 0.15) is 22.5 Å². The summed E-state index contributed by atoms with van der Waals surface area (Å²) in [5.74, 6) is -1.33. The molecular formula is C20H14F6O2S. The Morgan fingerprint density at radius 1 is 0.897 bits per heavy atom. The first-order valence-electron chi connectivity index (χ1n) is 8.25. The molecule has 0 aliphatic carbocycles. The largest absolute Gasteiger partial charge is 0.508 e. The normalized spacial score (nSPS) is 12.4. The molecular weight excluding hydrogens is 418 g/mol. The number of hydrogen-bond acceptors (Lipinski definition) is 3. The molecule has 0 amide bonds. The predicted molar refractivity (Wildman–Crippen MR) is 96.6 cm³/mol. The van der Waals surface area contributed by atoms with Crippen molar-refractivity contribution in [1.82, 2.24) is 0 Å². The van der Waals surface area contributed by atoms with Crippen LogP contribution >= 0.6 is 11.8 Å². The number of hydrogen-bond donors (Lipinski definition) is 1. The number of halogens is 6. The summed E-state index contributed by atoms with van der Waals surface area (Å²) in [6.45, 7) is 1.67. The zero-order chi connectivity index (χ0) is 21.4. The Morgan fingerprint density at radius 2 is 1.55 bits per heavy atom. The van der Waals surface area contributed by atoms with E-state index in [2.05, 4.69) is 0 Å². The van der Waals surface area contributed by atoms with Gasteiger partial charge in [-0.05, 0) is 48.9 Å². The van der Waals surface area contributed by atoms with Gasteiger partial charge in [0, 0.05) is 21.8 Å². The van der Waals surface area contributed by atoms with Crippen molar-refractivity contribution in [2.45, 2.75) is 29.9 Å². The maximum atomic E-state index is 13.4. The SMILES string of the molecule is Cc1cc(SCc2cc(-c3ccc(C(F)(F)F)cc3)oc2C(F)(F)F)ccc1O. The minimum atomic E-state index is -4.75. The lowest BCUT2D eigenvalue weighted by Gasteiger charge is -2.07. The Labute approximate surface area is 166 Å². The van der Waals surface area contributed by atoms with E-state index in [1.807, 2.05) is 0 Å². The van der Waals surface area contributed by atoms with Crippen molar-refractivity contribution in [1.29, 1.82) is 0 Å². The van der Waals surface area contributed by atoms with Gasteiger partial charge in [0.1, 0.15) is 11.5 Å². The first-order chi connectivity index (χ1) is 13.4. The molecule has 2 nitrogen and oxygen atoms in total. The number of benzene rings is 2. The van der Waals surface area contributed by atoms with Crippen LogP contribution in [-0.2, 0) is 18.1 Å². The number of rotatable bonds is 4. The third kappa shape index (κ3) is 4.90. The van der Waals surface area contributed by atoms with E-state index in [-0.39, 0.29) is 28.4 Å². The molecule has 29 heavy (non-hydrogen) atoms. The molecule has 0 fully saturated rings. The standard InChI is InChI=1S/C20H14F6O2S/c1-11-8-15(6-7-16(11)27)29-10-13-9-17(28-18(13)20(24,25)26)12-2-4-14(5-3-12)19(21,22)23/h2-9,27H,10H2,1H3. The molecule has 0 aliphatic rings. The fourth-order valence-electron chi connectivity index (χ4n) is 2.62. The number of alkyl halides is 6. The highest BCUT2D eigenvalue weighted by Crippen LogP contribution is 2.40. The molecule has 0 saturated carbocycles. The van der Waals surface area contributed by atoms with Crippen molar-refractivity contribution >= 4 is 11.8 Å². The molecule has 0 radical (unpaired) electrons. The van der Waals surface area contributed by atoms with Gasteiger partial charge in [0.25, 0.3) is 0 Å². The van der Waals surface area contributed by atoms with Gasteiger partial charge in [-0.15, -0.1) is 11.8 Å². The minimum Gasteiger partial charge on any atom is -0.508 e. The maximum Gasteiger partial charge on any atom is 0.449 e. The van der Waals surface area contributed by atoms with E-state index in [4.69, 9.17) is 4.42 Å². The average Bonchev–Trinajstić information content (AvgIpc) is 3.07. The van der Waals surface area contributed by atoms with E-state index in [0.29, 0.717) is 10.5 Å². The van der Waals surface area contributed by atoms with Gasteiger partial charge in [-0.1, -0.05) is 12.1 Å². The van der Waals surface area contributed by atoms with E-state index >= 15 is 0 Å². The van der Waals surface area contributed by atoms with Crippen LogP contribution in [0, 0.1) is 6.92 Å². The molecule has 0 saturated heterocycles. The Morgan fingerprint density at radius 3 is 2.10 bits per heavy atom. The molecule has 1 aromatic heterocycles. The molecule has 9 heteroatoms. The van der Waals surface area contributed by atoms with Gasteiger partial charge in [0.15, 0.2) is 0 Å². The van der Waals surface area contributed by atoms with Crippen LogP contribution < -0.4 is 0 Å². The highest BCUT2D eigenvalue weighted by Gasteiger charge is 2.38. The summed E-state index contributed by atoms with van der Waals surface area (Å²) >= 11 is 1.12. The zero-order valence-electron chi connectivity index (χ0n) is 14.9. The molecule has 2 aromatic carbocycles. The van der Waals surface area contributed by atoms with Gasteiger partial charge in [-0.3, -0.25) is 0 Å². The number of thioether (sulfide) groups is 1. The lowest BCUT2D eigenvalue weighted by molar-refractivity contribution is -0.153. The minimum absolute atomic E-state index is 0.0663. The molecule has 3 rings (SSSR count). The molecule has 0 bridgehead atoms. The summed E-state index contributed by atoms with van der Waals surface area (Å²) in [6, 6.07) is 9.58.